The van der Waals surface area contributed by atoms with Gasteiger partial charge in [0, 0.05) is 19.1 Å². The van der Waals surface area contributed by atoms with Crippen LogP contribution in [0.2, 0.25) is 0 Å². The SMILES string of the molecule is CCCCN(C(=O)N(CC(=O)O)CC1CC1)C1CC1. The van der Waals surface area contributed by atoms with E-state index in [-0.39, 0.29) is 12.6 Å². The number of hydrogen-bond donors (Lipinski definition) is 1. The van der Waals surface area contributed by atoms with Crippen molar-refractivity contribution in [3.8, 4) is 0 Å². The van der Waals surface area contributed by atoms with E-state index in [1.807, 2.05) is 4.90 Å². The molecule has 2 aliphatic rings. The van der Waals surface area contributed by atoms with Crippen molar-refractivity contribution in [1.29, 1.82) is 0 Å². The number of carbonyl (C=O) groups excluding carboxylic acids is 1. The van der Waals surface area contributed by atoms with Crippen molar-refractivity contribution in [3.63, 3.8) is 0 Å². The van der Waals surface area contributed by atoms with Crippen molar-refractivity contribution in [1.82, 2.24) is 9.80 Å². The molecule has 0 bridgehead atoms. The summed E-state index contributed by atoms with van der Waals surface area (Å²) in [5, 5.41) is 8.97. The van der Waals surface area contributed by atoms with E-state index < -0.39 is 5.97 Å². The fourth-order valence-electron chi connectivity index (χ4n) is 2.32. The van der Waals surface area contributed by atoms with Gasteiger partial charge >= 0.3 is 12.0 Å². The molecule has 5 heteroatoms. The maximum absolute atomic E-state index is 12.5. The summed E-state index contributed by atoms with van der Waals surface area (Å²) >= 11 is 0. The molecule has 0 aromatic rings. The molecule has 1 N–H and O–H groups in total. The predicted molar refractivity (Wildman–Crippen MR) is 72.0 cm³/mol. The van der Waals surface area contributed by atoms with Gasteiger partial charge in [-0.1, -0.05) is 13.3 Å². The molecule has 0 unspecified atom stereocenters. The van der Waals surface area contributed by atoms with Crippen molar-refractivity contribution in [3.05, 3.63) is 0 Å². The zero-order chi connectivity index (χ0) is 13.8. The van der Waals surface area contributed by atoms with Crippen LogP contribution in [0.1, 0.15) is 45.4 Å². The quantitative estimate of drug-likeness (QED) is 0.734. The van der Waals surface area contributed by atoms with Crippen molar-refractivity contribution >= 4 is 12.0 Å². The molecule has 0 aromatic heterocycles. The number of aliphatic carboxylic acids is 1. The Hall–Kier alpha value is -1.26. The third kappa shape index (κ3) is 4.40. The lowest BCUT2D eigenvalue weighted by molar-refractivity contribution is -0.137. The molecule has 0 radical (unpaired) electrons. The summed E-state index contributed by atoms with van der Waals surface area (Å²) in [6.07, 6.45) is 6.44. The Morgan fingerprint density at radius 2 is 1.89 bits per heavy atom. The molecule has 2 fully saturated rings. The van der Waals surface area contributed by atoms with E-state index in [0.717, 1.165) is 45.1 Å². The average molecular weight is 268 g/mol. The number of unbranched alkanes of at least 4 members (excludes halogenated alkanes) is 1. The van der Waals surface area contributed by atoms with Crippen LogP contribution in [0, 0.1) is 5.92 Å². The first-order chi connectivity index (χ1) is 9.11. The molecule has 0 heterocycles. The first-order valence-electron chi connectivity index (χ1n) is 7.39. The fourth-order valence-corrected chi connectivity index (χ4v) is 2.32. The molecule has 2 rings (SSSR count). The molecule has 2 aliphatic carbocycles. The fraction of sp³-hybridized carbons (Fsp3) is 0.857. The summed E-state index contributed by atoms with van der Waals surface area (Å²) in [4.78, 5) is 26.9. The van der Waals surface area contributed by atoms with Crippen molar-refractivity contribution < 1.29 is 14.7 Å². The van der Waals surface area contributed by atoms with E-state index in [0.29, 0.717) is 18.5 Å². The number of urea groups is 1. The Kier molecular flexibility index (Phi) is 4.66. The molecule has 0 aromatic carbocycles. The van der Waals surface area contributed by atoms with Gasteiger partial charge in [0.1, 0.15) is 6.54 Å². The Bertz CT molecular complexity index is 338. The maximum Gasteiger partial charge on any atom is 0.323 e. The minimum Gasteiger partial charge on any atom is -0.480 e. The zero-order valence-corrected chi connectivity index (χ0v) is 11.7. The lowest BCUT2D eigenvalue weighted by Gasteiger charge is -2.30. The maximum atomic E-state index is 12.5. The monoisotopic (exact) mass is 268 g/mol. The smallest absolute Gasteiger partial charge is 0.323 e. The van der Waals surface area contributed by atoms with Crippen LogP contribution in [-0.2, 0) is 4.79 Å². The van der Waals surface area contributed by atoms with Crippen LogP contribution < -0.4 is 0 Å². The van der Waals surface area contributed by atoms with Crippen LogP contribution in [0.15, 0.2) is 0 Å². The van der Waals surface area contributed by atoms with Crippen LogP contribution in [0.25, 0.3) is 0 Å². The second-order valence-corrected chi connectivity index (χ2v) is 5.78. The van der Waals surface area contributed by atoms with Gasteiger partial charge in [-0.2, -0.15) is 0 Å². The number of rotatable bonds is 8. The number of carboxylic acids is 1. The summed E-state index contributed by atoms with van der Waals surface area (Å²) in [5.41, 5.74) is 0. The third-order valence-corrected chi connectivity index (χ3v) is 3.76. The topological polar surface area (TPSA) is 60.9 Å². The van der Waals surface area contributed by atoms with Crippen molar-refractivity contribution in [2.75, 3.05) is 19.6 Å². The predicted octanol–water partition coefficient (Wildman–Crippen LogP) is 2.17. The summed E-state index contributed by atoms with van der Waals surface area (Å²) in [5.74, 6) is -0.393. The van der Waals surface area contributed by atoms with E-state index in [4.69, 9.17) is 5.11 Å². The highest BCUT2D eigenvalue weighted by molar-refractivity contribution is 5.80. The first kappa shape index (κ1) is 14.2. The lowest BCUT2D eigenvalue weighted by Crippen LogP contribution is -2.47. The molecule has 108 valence electrons. The summed E-state index contributed by atoms with van der Waals surface area (Å²) in [6.45, 7) is 3.32. The van der Waals surface area contributed by atoms with Gasteiger partial charge < -0.3 is 14.9 Å². The van der Waals surface area contributed by atoms with Gasteiger partial charge in [0.2, 0.25) is 0 Å². The highest BCUT2D eigenvalue weighted by Gasteiger charge is 2.36. The molecular formula is C14H24N2O3. The van der Waals surface area contributed by atoms with Gasteiger partial charge in [-0.25, -0.2) is 4.79 Å². The molecule has 0 saturated heterocycles. The molecule has 0 aliphatic heterocycles. The van der Waals surface area contributed by atoms with Crippen molar-refractivity contribution in [2.45, 2.75) is 51.5 Å². The van der Waals surface area contributed by atoms with Crippen LogP contribution >= 0.6 is 0 Å². The van der Waals surface area contributed by atoms with E-state index in [1.165, 1.54) is 4.90 Å². The summed E-state index contributed by atoms with van der Waals surface area (Å²) < 4.78 is 0. The number of carbonyl (C=O) groups is 2. The number of nitrogens with zero attached hydrogens (tertiary/aromatic N) is 2. The standard InChI is InChI=1S/C14H24N2O3/c1-2-3-8-16(12-6-7-12)14(19)15(10-13(17)18)9-11-4-5-11/h11-12H,2-10H2,1H3,(H,17,18). The van der Waals surface area contributed by atoms with Gasteiger partial charge in [0.05, 0.1) is 0 Å². The number of carboxylic acid groups (broad SMARTS) is 1. The van der Waals surface area contributed by atoms with E-state index in [9.17, 15) is 9.59 Å². The molecule has 19 heavy (non-hydrogen) atoms. The van der Waals surface area contributed by atoms with Crippen LogP contribution in [0.4, 0.5) is 4.79 Å². The molecule has 0 spiro atoms. The Balaban J connectivity index is 1.95. The number of amides is 2. The summed E-state index contributed by atoms with van der Waals surface area (Å²) in [6, 6.07) is 0.291. The van der Waals surface area contributed by atoms with Gasteiger partial charge in [-0.3, -0.25) is 4.79 Å². The highest BCUT2D eigenvalue weighted by atomic mass is 16.4. The second kappa shape index (κ2) is 6.26. The minimum atomic E-state index is -0.916. The average Bonchev–Trinajstić information content (AvgIpc) is 3.21. The van der Waals surface area contributed by atoms with Gasteiger partial charge in [-0.15, -0.1) is 0 Å². The molecular weight excluding hydrogens is 244 g/mol. The van der Waals surface area contributed by atoms with Gasteiger partial charge in [0.15, 0.2) is 0 Å². The lowest BCUT2D eigenvalue weighted by atomic mass is 10.3. The first-order valence-corrected chi connectivity index (χ1v) is 7.39. The van der Waals surface area contributed by atoms with Crippen LogP contribution in [-0.4, -0.2) is 52.6 Å². The van der Waals surface area contributed by atoms with Crippen molar-refractivity contribution in [2.24, 2.45) is 5.92 Å². The Morgan fingerprint density at radius 3 is 2.37 bits per heavy atom. The zero-order valence-electron chi connectivity index (χ0n) is 11.7. The van der Waals surface area contributed by atoms with E-state index in [1.54, 1.807) is 0 Å². The van der Waals surface area contributed by atoms with Gasteiger partial charge in [0.25, 0.3) is 0 Å². The minimum absolute atomic E-state index is 0.0646. The van der Waals surface area contributed by atoms with E-state index >= 15 is 0 Å². The summed E-state index contributed by atoms with van der Waals surface area (Å²) in [7, 11) is 0. The molecule has 2 saturated carbocycles. The second-order valence-electron chi connectivity index (χ2n) is 5.78. The molecule has 2 amide bonds. The largest absolute Gasteiger partial charge is 0.480 e. The normalized spacial score (nSPS) is 18.2. The molecule has 0 atom stereocenters. The molecule has 5 nitrogen and oxygen atoms in total. The van der Waals surface area contributed by atoms with Crippen LogP contribution in [0.5, 0.6) is 0 Å². The Labute approximate surface area is 114 Å². The highest BCUT2D eigenvalue weighted by Crippen LogP contribution is 2.32. The van der Waals surface area contributed by atoms with Gasteiger partial charge in [-0.05, 0) is 38.0 Å². The van der Waals surface area contributed by atoms with E-state index in [2.05, 4.69) is 6.92 Å². The Morgan fingerprint density at radius 1 is 1.21 bits per heavy atom. The number of hydrogen-bond acceptors (Lipinski definition) is 2. The third-order valence-electron chi connectivity index (χ3n) is 3.76. The van der Waals surface area contributed by atoms with Crippen LogP contribution in [0.3, 0.4) is 0 Å².